The summed E-state index contributed by atoms with van der Waals surface area (Å²) in [5, 5.41) is 3.24. The number of piperazine rings is 1. The highest BCUT2D eigenvalue weighted by atomic mass is 16.5. The number of nitrogens with zero attached hydrogens (tertiary/aromatic N) is 4. The van der Waals surface area contributed by atoms with Gasteiger partial charge in [0.15, 0.2) is 11.5 Å². The molecule has 0 saturated carbocycles. The summed E-state index contributed by atoms with van der Waals surface area (Å²) in [6.07, 6.45) is 2.58. The minimum absolute atomic E-state index is 0.530. The zero-order valence-electron chi connectivity index (χ0n) is 15.6. The van der Waals surface area contributed by atoms with E-state index in [-0.39, 0.29) is 0 Å². The Labute approximate surface area is 157 Å². The van der Waals surface area contributed by atoms with Crippen molar-refractivity contribution in [3.05, 3.63) is 24.4 Å². The summed E-state index contributed by atoms with van der Waals surface area (Å²) < 4.78 is 16.1. The van der Waals surface area contributed by atoms with Crippen LogP contribution >= 0.6 is 0 Å². The quantitative estimate of drug-likeness (QED) is 0.731. The largest absolute Gasteiger partial charge is 0.493 e. The number of benzene rings is 1. The topological polar surface area (TPSA) is 89.1 Å². The maximum absolute atomic E-state index is 10.8. The lowest BCUT2D eigenvalue weighted by Gasteiger charge is -2.32. The van der Waals surface area contributed by atoms with Crippen molar-refractivity contribution < 1.29 is 19.0 Å². The number of hydrogen-bond acceptors (Lipinski definition) is 8. The first-order valence-electron chi connectivity index (χ1n) is 8.53. The van der Waals surface area contributed by atoms with Gasteiger partial charge < -0.3 is 29.3 Å². The van der Waals surface area contributed by atoms with Crippen LogP contribution in [0, 0.1) is 0 Å². The van der Waals surface area contributed by atoms with Crippen molar-refractivity contribution in [2.45, 2.75) is 0 Å². The first-order chi connectivity index (χ1) is 13.2. The van der Waals surface area contributed by atoms with Crippen molar-refractivity contribution in [1.29, 1.82) is 0 Å². The molecule has 9 nitrogen and oxygen atoms in total. The summed E-state index contributed by atoms with van der Waals surface area (Å²) in [6.45, 7) is 2.73. The Kier molecular flexibility index (Phi) is 5.80. The molecule has 0 unspecified atom stereocenters. The van der Waals surface area contributed by atoms with Gasteiger partial charge in [-0.05, 0) is 6.07 Å². The van der Waals surface area contributed by atoms with E-state index in [0.29, 0.717) is 55.2 Å². The predicted octanol–water partition coefficient (Wildman–Crippen LogP) is 1.52. The Morgan fingerprint density at radius 1 is 1.04 bits per heavy atom. The van der Waals surface area contributed by atoms with Crippen LogP contribution in [-0.2, 0) is 4.79 Å². The summed E-state index contributed by atoms with van der Waals surface area (Å²) in [5.74, 6) is 2.91. The highest BCUT2D eigenvalue weighted by molar-refractivity contribution is 5.67. The second-order valence-electron chi connectivity index (χ2n) is 5.91. The van der Waals surface area contributed by atoms with Crippen molar-refractivity contribution in [2.24, 2.45) is 0 Å². The summed E-state index contributed by atoms with van der Waals surface area (Å²) in [4.78, 5) is 23.6. The minimum atomic E-state index is 0.530. The fourth-order valence-corrected chi connectivity index (χ4v) is 2.90. The third-order valence-electron chi connectivity index (χ3n) is 4.33. The van der Waals surface area contributed by atoms with Gasteiger partial charge in [0.05, 0.1) is 21.3 Å². The highest BCUT2D eigenvalue weighted by Gasteiger charge is 2.18. The van der Waals surface area contributed by atoms with Crippen molar-refractivity contribution in [3.63, 3.8) is 0 Å². The smallest absolute Gasteiger partial charge is 0.227 e. The molecular weight excluding hydrogens is 350 g/mol. The molecule has 1 fully saturated rings. The standard InChI is InChI=1S/C18H23N5O4/c1-25-14-10-13(11-15(26-2)17(14)27-3)20-16-4-5-19-18(21-16)23-8-6-22(12-24)7-9-23/h4-5,10-12H,6-9H2,1-3H3,(H,19,20,21). The zero-order chi connectivity index (χ0) is 19.2. The van der Waals surface area contributed by atoms with Crippen LogP contribution in [0.1, 0.15) is 0 Å². The Hall–Kier alpha value is -3.23. The van der Waals surface area contributed by atoms with Gasteiger partial charge in [0.1, 0.15) is 5.82 Å². The number of carbonyl (C=O) groups is 1. The van der Waals surface area contributed by atoms with Gasteiger partial charge in [-0.1, -0.05) is 0 Å². The zero-order valence-corrected chi connectivity index (χ0v) is 15.6. The molecule has 0 aliphatic carbocycles. The van der Waals surface area contributed by atoms with E-state index in [1.54, 1.807) is 38.5 Å². The minimum Gasteiger partial charge on any atom is -0.493 e. The van der Waals surface area contributed by atoms with Gasteiger partial charge in [-0.2, -0.15) is 4.98 Å². The van der Waals surface area contributed by atoms with E-state index >= 15 is 0 Å². The molecule has 9 heteroatoms. The third-order valence-corrected chi connectivity index (χ3v) is 4.33. The second-order valence-corrected chi connectivity index (χ2v) is 5.91. The van der Waals surface area contributed by atoms with Gasteiger partial charge in [-0.25, -0.2) is 4.98 Å². The van der Waals surface area contributed by atoms with E-state index in [1.165, 1.54) is 0 Å². The van der Waals surface area contributed by atoms with E-state index in [9.17, 15) is 4.79 Å². The van der Waals surface area contributed by atoms with Gasteiger partial charge in [-0.15, -0.1) is 0 Å². The summed E-state index contributed by atoms with van der Waals surface area (Å²) in [7, 11) is 4.71. The Morgan fingerprint density at radius 2 is 1.70 bits per heavy atom. The van der Waals surface area contributed by atoms with E-state index in [0.717, 1.165) is 12.1 Å². The lowest BCUT2D eigenvalue weighted by atomic mass is 10.2. The molecule has 144 valence electrons. The van der Waals surface area contributed by atoms with Gasteiger partial charge >= 0.3 is 0 Å². The molecule has 1 aliphatic heterocycles. The monoisotopic (exact) mass is 373 g/mol. The van der Waals surface area contributed by atoms with Crippen molar-refractivity contribution >= 4 is 23.9 Å². The molecule has 1 N–H and O–H groups in total. The van der Waals surface area contributed by atoms with Crippen LogP contribution in [0.3, 0.4) is 0 Å². The molecule has 1 aromatic carbocycles. The fraction of sp³-hybridized carbons (Fsp3) is 0.389. The average Bonchev–Trinajstić information content (AvgIpc) is 2.73. The first kappa shape index (κ1) is 18.6. The van der Waals surface area contributed by atoms with E-state index in [2.05, 4.69) is 20.2 Å². The van der Waals surface area contributed by atoms with Gasteiger partial charge in [0.2, 0.25) is 18.1 Å². The molecule has 2 aromatic rings. The maximum atomic E-state index is 10.8. The lowest BCUT2D eigenvalue weighted by Crippen LogP contribution is -2.46. The summed E-state index contributed by atoms with van der Waals surface area (Å²) >= 11 is 0. The normalized spacial score (nSPS) is 13.9. The third kappa shape index (κ3) is 4.13. The molecule has 27 heavy (non-hydrogen) atoms. The van der Waals surface area contributed by atoms with Crippen LogP contribution in [0.2, 0.25) is 0 Å². The number of hydrogen-bond donors (Lipinski definition) is 1. The van der Waals surface area contributed by atoms with Crippen LogP contribution in [-0.4, -0.2) is 68.8 Å². The van der Waals surface area contributed by atoms with E-state index < -0.39 is 0 Å². The van der Waals surface area contributed by atoms with Crippen LogP contribution in [0.15, 0.2) is 24.4 Å². The summed E-state index contributed by atoms with van der Waals surface area (Å²) in [6, 6.07) is 5.41. The number of nitrogens with one attached hydrogen (secondary N) is 1. The Balaban J connectivity index is 1.79. The van der Waals surface area contributed by atoms with E-state index in [4.69, 9.17) is 14.2 Å². The van der Waals surface area contributed by atoms with Gasteiger partial charge in [-0.3, -0.25) is 4.79 Å². The number of anilines is 3. The van der Waals surface area contributed by atoms with Crippen molar-refractivity contribution in [3.8, 4) is 17.2 Å². The maximum Gasteiger partial charge on any atom is 0.227 e. The number of carbonyl (C=O) groups excluding carboxylic acids is 1. The molecular formula is C18H23N5O4. The molecule has 0 radical (unpaired) electrons. The fourth-order valence-electron chi connectivity index (χ4n) is 2.90. The molecule has 1 saturated heterocycles. The van der Waals surface area contributed by atoms with Crippen molar-refractivity contribution in [1.82, 2.24) is 14.9 Å². The first-order valence-corrected chi connectivity index (χ1v) is 8.53. The summed E-state index contributed by atoms with van der Waals surface area (Å²) in [5.41, 5.74) is 0.750. The molecule has 0 atom stereocenters. The van der Waals surface area contributed by atoms with Crippen LogP contribution < -0.4 is 24.4 Å². The average molecular weight is 373 g/mol. The Bertz CT molecular complexity index is 768. The predicted molar refractivity (Wildman–Crippen MR) is 101 cm³/mol. The number of methoxy groups -OCH3 is 3. The van der Waals surface area contributed by atoms with E-state index in [1.807, 2.05) is 12.1 Å². The van der Waals surface area contributed by atoms with Crippen LogP contribution in [0.25, 0.3) is 0 Å². The molecule has 0 spiro atoms. The molecule has 3 rings (SSSR count). The number of ether oxygens (including phenoxy) is 3. The Morgan fingerprint density at radius 3 is 2.26 bits per heavy atom. The molecule has 1 aliphatic rings. The second kappa shape index (κ2) is 8.43. The molecule has 1 aromatic heterocycles. The van der Waals surface area contributed by atoms with Gasteiger partial charge in [0, 0.05) is 50.2 Å². The lowest BCUT2D eigenvalue weighted by molar-refractivity contribution is -0.118. The molecule has 2 heterocycles. The number of amides is 1. The SMILES string of the molecule is COc1cc(Nc2ccnc(N3CCN(C=O)CC3)n2)cc(OC)c1OC. The van der Waals surface area contributed by atoms with Crippen LogP contribution in [0.5, 0.6) is 17.2 Å². The number of aromatic nitrogens is 2. The van der Waals surface area contributed by atoms with Crippen LogP contribution in [0.4, 0.5) is 17.5 Å². The molecule has 1 amide bonds. The number of rotatable bonds is 7. The highest BCUT2D eigenvalue weighted by Crippen LogP contribution is 2.40. The van der Waals surface area contributed by atoms with Crippen molar-refractivity contribution in [2.75, 3.05) is 57.7 Å². The van der Waals surface area contributed by atoms with Gasteiger partial charge in [0.25, 0.3) is 0 Å². The molecule has 0 bridgehead atoms.